The molecule has 6 heteroatoms. The second-order valence-corrected chi connectivity index (χ2v) is 4.53. The largest absolute Gasteiger partial charge is 0.416 e. The predicted octanol–water partition coefficient (Wildman–Crippen LogP) is 3.36. The van der Waals surface area contributed by atoms with Gasteiger partial charge in [-0.2, -0.15) is 13.2 Å². The summed E-state index contributed by atoms with van der Waals surface area (Å²) in [5, 5.41) is 11.8. The van der Waals surface area contributed by atoms with E-state index in [0.717, 1.165) is 17.8 Å². The number of hydrogen-bond donors (Lipinski definition) is 3. The van der Waals surface area contributed by atoms with E-state index in [-0.39, 0.29) is 6.61 Å². The van der Waals surface area contributed by atoms with Crippen LogP contribution in [0, 0.1) is 0 Å². The van der Waals surface area contributed by atoms with Crippen LogP contribution >= 0.6 is 0 Å². The Labute approximate surface area is 120 Å². The summed E-state index contributed by atoms with van der Waals surface area (Å²) < 4.78 is 37.6. The molecule has 0 aromatic heterocycles. The molecule has 2 aromatic rings. The molecule has 0 radical (unpaired) electrons. The van der Waals surface area contributed by atoms with Crippen molar-refractivity contribution in [3.05, 3.63) is 48.0 Å². The van der Waals surface area contributed by atoms with Crippen molar-refractivity contribution >= 4 is 11.4 Å². The minimum Gasteiger partial charge on any atom is -0.398 e. The summed E-state index contributed by atoms with van der Waals surface area (Å²) in [5.41, 5.74) is 7.65. The normalized spacial score (nSPS) is 11.4. The molecule has 2 rings (SSSR count). The van der Waals surface area contributed by atoms with Crippen molar-refractivity contribution in [3.8, 4) is 11.1 Å². The number of hydrogen-bond acceptors (Lipinski definition) is 3. The summed E-state index contributed by atoms with van der Waals surface area (Å²) in [6.07, 6.45) is -4.35. The molecular formula is C15H15F3N2O. The molecule has 0 amide bonds. The molecule has 0 atom stereocenters. The number of benzene rings is 2. The van der Waals surface area contributed by atoms with E-state index >= 15 is 0 Å². The molecule has 3 nitrogen and oxygen atoms in total. The quantitative estimate of drug-likeness (QED) is 0.758. The van der Waals surface area contributed by atoms with Crippen molar-refractivity contribution < 1.29 is 18.3 Å². The Kier molecular flexibility index (Phi) is 4.37. The molecule has 0 saturated heterocycles. The molecule has 2 aromatic carbocycles. The highest BCUT2D eigenvalue weighted by Crippen LogP contribution is 2.33. The van der Waals surface area contributed by atoms with Crippen LogP contribution in [0.2, 0.25) is 0 Å². The Hall–Kier alpha value is -2.21. The molecule has 4 N–H and O–H groups in total. The van der Waals surface area contributed by atoms with E-state index in [1.807, 2.05) is 0 Å². The topological polar surface area (TPSA) is 58.3 Å². The van der Waals surface area contributed by atoms with Gasteiger partial charge in [0, 0.05) is 23.5 Å². The van der Waals surface area contributed by atoms with E-state index in [4.69, 9.17) is 10.8 Å². The highest BCUT2D eigenvalue weighted by Gasteiger charge is 2.30. The predicted molar refractivity (Wildman–Crippen MR) is 76.9 cm³/mol. The smallest absolute Gasteiger partial charge is 0.398 e. The monoisotopic (exact) mass is 296 g/mol. The zero-order valence-corrected chi connectivity index (χ0v) is 11.1. The fraction of sp³-hybridized carbons (Fsp3) is 0.200. The van der Waals surface area contributed by atoms with Crippen LogP contribution in [-0.4, -0.2) is 18.3 Å². The van der Waals surface area contributed by atoms with Crippen molar-refractivity contribution in [2.24, 2.45) is 0 Å². The zero-order chi connectivity index (χ0) is 15.5. The van der Waals surface area contributed by atoms with Crippen LogP contribution in [0.1, 0.15) is 5.56 Å². The lowest BCUT2D eigenvalue weighted by Gasteiger charge is -2.12. The SMILES string of the molecule is Nc1ccc(NCCO)cc1-c1ccc(C(F)(F)F)cc1. The average molecular weight is 296 g/mol. The van der Waals surface area contributed by atoms with Gasteiger partial charge in [-0.1, -0.05) is 12.1 Å². The van der Waals surface area contributed by atoms with Crippen molar-refractivity contribution in [1.82, 2.24) is 0 Å². The first-order chi connectivity index (χ1) is 9.91. The van der Waals surface area contributed by atoms with Gasteiger partial charge in [-0.3, -0.25) is 0 Å². The molecule has 0 spiro atoms. The molecular weight excluding hydrogens is 281 g/mol. The number of halogens is 3. The lowest BCUT2D eigenvalue weighted by Crippen LogP contribution is -2.06. The first-order valence-electron chi connectivity index (χ1n) is 6.33. The van der Waals surface area contributed by atoms with Crippen LogP contribution in [0.3, 0.4) is 0 Å². The van der Waals surface area contributed by atoms with E-state index in [0.29, 0.717) is 23.4 Å². The van der Waals surface area contributed by atoms with Gasteiger partial charge in [0.05, 0.1) is 12.2 Å². The maximum atomic E-state index is 12.5. The molecule has 112 valence electrons. The minimum absolute atomic E-state index is 0.0139. The number of alkyl halides is 3. The van der Waals surface area contributed by atoms with Crippen LogP contribution < -0.4 is 11.1 Å². The van der Waals surface area contributed by atoms with Crippen LogP contribution in [0.5, 0.6) is 0 Å². The summed E-state index contributed by atoms with van der Waals surface area (Å²) in [7, 11) is 0. The molecule has 0 aliphatic carbocycles. The molecule has 0 heterocycles. The Morgan fingerprint density at radius 3 is 2.29 bits per heavy atom. The molecule has 0 aliphatic rings. The maximum absolute atomic E-state index is 12.5. The van der Waals surface area contributed by atoms with Gasteiger partial charge < -0.3 is 16.2 Å². The van der Waals surface area contributed by atoms with Gasteiger partial charge in [-0.15, -0.1) is 0 Å². The van der Waals surface area contributed by atoms with Crippen molar-refractivity contribution in [2.75, 3.05) is 24.2 Å². The maximum Gasteiger partial charge on any atom is 0.416 e. The number of nitrogen functional groups attached to an aromatic ring is 1. The van der Waals surface area contributed by atoms with Crippen molar-refractivity contribution in [2.45, 2.75) is 6.18 Å². The van der Waals surface area contributed by atoms with E-state index in [2.05, 4.69) is 5.32 Å². The molecule has 21 heavy (non-hydrogen) atoms. The van der Waals surface area contributed by atoms with Gasteiger partial charge in [0.1, 0.15) is 0 Å². The second kappa shape index (κ2) is 6.05. The van der Waals surface area contributed by atoms with E-state index < -0.39 is 11.7 Å². The van der Waals surface area contributed by atoms with Crippen molar-refractivity contribution in [3.63, 3.8) is 0 Å². The number of rotatable bonds is 4. The van der Waals surface area contributed by atoms with Gasteiger partial charge in [-0.25, -0.2) is 0 Å². The van der Waals surface area contributed by atoms with Crippen LogP contribution in [0.25, 0.3) is 11.1 Å². The number of aliphatic hydroxyl groups is 1. The number of nitrogens with one attached hydrogen (secondary N) is 1. The van der Waals surface area contributed by atoms with Crippen molar-refractivity contribution in [1.29, 1.82) is 0 Å². The summed E-state index contributed by atoms with van der Waals surface area (Å²) in [6.45, 7) is 0.371. The summed E-state index contributed by atoms with van der Waals surface area (Å²) in [6, 6.07) is 10.0. The average Bonchev–Trinajstić information content (AvgIpc) is 2.46. The highest BCUT2D eigenvalue weighted by atomic mass is 19.4. The van der Waals surface area contributed by atoms with Gasteiger partial charge in [0.2, 0.25) is 0 Å². The molecule has 0 aliphatic heterocycles. The van der Waals surface area contributed by atoms with Crippen LogP contribution in [0.4, 0.5) is 24.5 Å². The first kappa shape index (κ1) is 15.2. The second-order valence-electron chi connectivity index (χ2n) is 4.53. The Balaban J connectivity index is 2.32. The van der Waals surface area contributed by atoms with Gasteiger partial charge in [-0.05, 0) is 35.9 Å². The third-order valence-electron chi connectivity index (χ3n) is 3.02. The number of aliphatic hydroxyl groups excluding tert-OH is 1. The van der Waals surface area contributed by atoms with Crippen LogP contribution in [0.15, 0.2) is 42.5 Å². The van der Waals surface area contributed by atoms with Gasteiger partial charge >= 0.3 is 6.18 Å². The molecule has 0 saturated carbocycles. The van der Waals surface area contributed by atoms with E-state index in [9.17, 15) is 13.2 Å². The number of nitrogens with two attached hydrogens (primary N) is 1. The Bertz CT molecular complexity index is 609. The Morgan fingerprint density at radius 1 is 1.05 bits per heavy atom. The van der Waals surface area contributed by atoms with Gasteiger partial charge in [0.15, 0.2) is 0 Å². The first-order valence-corrected chi connectivity index (χ1v) is 6.33. The van der Waals surface area contributed by atoms with Crippen LogP contribution in [-0.2, 0) is 6.18 Å². The zero-order valence-electron chi connectivity index (χ0n) is 11.1. The lowest BCUT2D eigenvalue weighted by atomic mass is 10.0. The fourth-order valence-corrected chi connectivity index (χ4v) is 1.96. The lowest BCUT2D eigenvalue weighted by molar-refractivity contribution is -0.137. The summed E-state index contributed by atoms with van der Waals surface area (Å²) >= 11 is 0. The fourth-order valence-electron chi connectivity index (χ4n) is 1.96. The van der Waals surface area contributed by atoms with E-state index in [1.165, 1.54) is 12.1 Å². The molecule has 0 fully saturated rings. The third kappa shape index (κ3) is 3.66. The minimum atomic E-state index is -4.35. The summed E-state index contributed by atoms with van der Waals surface area (Å²) in [4.78, 5) is 0. The summed E-state index contributed by atoms with van der Waals surface area (Å²) in [5.74, 6) is 0. The van der Waals surface area contributed by atoms with Gasteiger partial charge in [0.25, 0.3) is 0 Å². The standard InChI is InChI=1S/C15H15F3N2O/c16-15(17,18)11-3-1-10(2-4-11)13-9-12(20-7-8-21)5-6-14(13)19/h1-6,9,20-21H,7-8,19H2. The molecule has 0 unspecified atom stereocenters. The number of anilines is 2. The highest BCUT2D eigenvalue weighted by molar-refractivity contribution is 5.79. The van der Waals surface area contributed by atoms with E-state index in [1.54, 1.807) is 18.2 Å². The third-order valence-corrected chi connectivity index (χ3v) is 3.02. The Morgan fingerprint density at radius 2 is 1.71 bits per heavy atom. The molecule has 0 bridgehead atoms.